The Labute approximate surface area is 536 Å². The summed E-state index contributed by atoms with van der Waals surface area (Å²) in [5, 5.41) is 9.09. The van der Waals surface area contributed by atoms with Gasteiger partial charge in [0.05, 0.1) is 152 Å². The molecular formula is C33H68O49P12-12. The predicted molar refractivity (Wildman–Crippen MR) is 279 cm³/mol. The van der Waals surface area contributed by atoms with Gasteiger partial charge in [0, 0.05) is 24.4 Å². The molecule has 566 valence electrons. The lowest BCUT2D eigenvalue weighted by atomic mass is 10.1. The third-order valence-electron chi connectivity index (χ3n) is 9.58. The van der Waals surface area contributed by atoms with E-state index in [1.54, 1.807) is 6.92 Å². The standard InChI is InChI=1S/C33H80O49P12/c1-4-31(25-34)26-79-91(52,53)74-23-24-77-94(58,59)82-30-33(6-3)29-81-93(56,57)76-22-20-73-90(50,51)71-18-16-69-88(46,47)67-14-12-65-86(42,43)63-10-8-61-84(38,39)60-7-9-62-85(40,41)64-11-13-66-87(44,45)68-15-17-70-89(48,49)72-19-21-75-92(54,55)80-28-32(5-2)27-78-83(35,36)37/h31-34H,4-30H2,1-3H3,(H,38,39)(H,40,41)(H,42,43)(H,44,45)(H,46,47)(H,48,49)(H,50,51)(H,52,53)(H,54,55)(H,56,57)(H,58,59)(H2,35,36,37)/p-12. The van der Waals surface area contributed by atoms with Crippen LogP contribution in [0.3, 0.4) is 0 Å². The summed E-state index contributed by atoms with van der Waals surface area (Å²) in [6, 6.07) is 0. The molecule has 0 aromatic rings. The highest BCUT2D eigenvalue weighted by Crippen LogP contribution is 2.48. The Morgan fingerprint density at radius 3 is 0.457 bits per heavy atom. The topological polar surface area (TPSA) is 734 Å². The smallest absolute Gasteiger partial charge is 0.268 e. The van der Waals surface area contributed by atoms with Crippen molar-refractivity contribution in [2.45, 2.75) is 40.0 Å². The van der Waals surface area contributed by atoms with E-state index >= 15 is 0 Å². The molecule has 0 aliphatic rings. The van der Waals surface area contributed by atoms with E-state index in [2.05, 4.69) is 104 Å². The second-order valence-electron chi connectivity index (χ2n) is 16.9. The van der Waals surface area contributed by atoms with Gasteiger partial charge in [-0.25, -0.2) is 0 Å². The number of phosphoric acid groups is 12. The first-order valence-corrected chi connectivity index (χ1v) is 43.6. The number of hydrogen-bond acceptors (Lipinski definition) is 48. The average molecular weight is 1620 g/mol. The first kappa shape index (κ1) is 95.3. The normalized spacial score (nSPS) is 21.2. The molecule has 0 spiro atoms. The van der Waals surface area contributed by atoms with E-state index in [9.17, 15) is 114 Å². The molecule has 0 rings (SSSR count). The Bertz CT molecular complexity index is 2730. The third kappa shape index (κ3) is 54.9. The van der Waals surface area contributed by atoms with Crippen LogP contribution in [0, 0.1) is 17.8 Å². The maximum absolute atomic E-state index is 12.1. The molecule has 0 saturated heterocycles. The predicted octanol–water partition coefficient (Wildman–Crippen LogP) is -3.95. The molecule has 49 nitrogen and oxygen atoms in total. The van der Waals surface area contributed by atoms with Gasteiger partial charge >= 0.3 is 0 Å². The van der Waals surface area contributed by atoms with Crippen LogP contribution in [0.15, 0.2) is 0 Å². The van der Waals surface area contributed by atoms with Crippen LogP contribution in [0.4, 0.5) is 0 Å². The van der Waals surface area contributed by atoms with Crippen LogP contribution in [0.1, 0.15) is 40.0 Å². The molecule has 0 amide bonds. The fourth-order valence-corrected chi connectivity index (χ4v) is 13.1. The number of hydrogen-bond donors (Lipinski definition) is 2. The largest absolute Gasteiger partial charge is 0.756 e. The van der Waals surface area contributed by atoms with Gasteiger partial charge in [0.2, 0.25) is 0 Å². The Balaban J connectivity index is 4.34. The molecule has 0 saturated carbocycles. The Kier molecular flexibility index (Phi) is 47.5. The third-order valence-corrected chi connectivity index (χ3v) is 20.9. The zero-order valence-corrected chi connectivity index (χ0v) is 60.0. The first-order valence-electron chi connectivity index (χ1n) is 26.0. The van der Waals surface area contributed by atoms with E-state index in [4.69, 9.17) is 10.00 Å². The summed E-state index contributed by atoms with van der Waals surface area (Å²) in [4.78, 5) is 150. The van der Waals surface area contributed by atoms with Gasteiger partial charge in [0.1, 0.15) is 0 Å². The van der Waals surface area contributed by atoms with Gasteiger partial charge in [-0.05, 0) is 19.3 Å². The Hall–Kier alpha value is 1.28. The van der Waals surface area contributed by atoms with Gasteiger partial charge in [-0.3, -0.25) is 54.8 Å². The molecule has 0 heterocycles. The number of aliphatic hydroxyl groups is 1. The van der Waals surface area contributed by atoms with E-state index in [-0.39, 0.29) is 26.1 Å². The van der Waals surface area contributed by atoms with Gasteiger partial charge < -0.3 is 173 Å². The minimum Gasteiger partial charge on any atom is -0.756 e. The molecule has 0 aliphatic heterocycles. The molecule has 0 bridgehead atoms. The van der Waals surface area contributed by atoms with Crippen molar-refractivity contribution < 1.29 is 228 Å². The van der Waals surface area contributed by atoms with E-state index < -0.39 is 257 Å². The zero-order chi connectivity index (χ0) is 72.1. The molecule has 2 N–H and O–H groups in total. The van der Waals surface area contributed by atoms with Crippen LogP contribution in [-0.2, 0) is 159 Å². The monoisotopic (exact) mass is 1620 g/mol. The van der Waals surface area contributed by atoms with E-state index in [0.717, 1.165) is 0 Å². The summed E-state index contributed by atoms with van der Waals surface area (Å²) in [7, 11) is -62.4. The van der Waals surface area contributed by atoms with Crippen LogP contribution < -0.4 is 58.7 Å². The van der Waals surface area contributed by atoms with Crippen LogP contribution in [0.2, 0.25) is 0 Å². The lowest BCUT2D eigenvalue weighted by molar-refractivity contribution is -0.239. The average Bonchev–Trinajstić information content (AvgIpc) is 1.40. The minimum atomic E-state index is -5.33. The molecule has 15 unspecified atom stereocenters. The van der Waals surface area contributed by atoms with Crippen LogP contribution >= 0.6 is 93.9 Å². The molecule has 0 radical (unpaired) electrons. The van der Waals surface area contributed by atoms with E-state index in [1.165, 1.54) is 13.8 Å². The molecule has 0 aliphatic carbocycles. The molecular weight excluding hydrogens is 1550 g/mol. The van der Waals surface area contributed by atoms with Crippen LogP contribution in [0.25, 0.3) is 0 Å². The summed E-state index contributed by atoms with van der Waals surface area (Å²) in [6.45, 7) is -17.1. The number of aliphatic hydroxyl groups excluding tert-OH is 1. The minimum absolute atomic E-state index is 0.0675. The lowest BCUT2D eigenvalue weighted by Crippen LogP contribution is -2.21. The summed E-state index contributed by atoms with van der Waals surface area (Å²) >= 11 is 0. The zero-order valence-electron chi connectivity index (χ0n) is 49.3. The molecule has 0 fully saturated rings. The molecule has 0 aromatic carbocycles. The van der Waals surface area contributed by atoms with Crippen LogP contribution in [0.5, 0.6) is 0 Å². The Morgan fingerprint density at radius 2 is 0.340 bits per heavy atom. The van der Waals surface area contributed by atoms with Gasteiger partial charge in [-0.15, -0.1) is 0 Å². The molecule has 94 heavy (non-hydrogen) atoms. The fraction of sp³-hybridized carbons (Fsp3) is 1.00. The summed E-state index contributed by atoms with van der Waals surface area (Å²) in [5.41, 5.74) is 0. The number of rotatable bonds is 64. The van der Waals surface area contributed by atoms with Gasteiger partial charge in [0.15, 0.2) is 0 Å². The molecule has 61 heteroatoms. The van der Waals surface area contributed by atoms with E-state index in [0.29, 0.717) is 6.42 Å². The quantitative estimate of drug-likeness (QED) is 0.0433. The highest BCUT2D eigenvalue weighted by Gasteiger charge is 2.23. The highest BCUT2D eigenvalue weighted by molar-refractivity contribution is 7.48. The van der Waals surface area contributed by atoms with Gasteiger partial charge in [-0.1, -0.05) is 20.8 Å². The van der Waals surface area contributed by atoms with Crippen molar-refractivity contribution in [1.29, 1.82) is 0 Å². The maximum Gasteiger partial charge on any atom is 0.268 e. The molecule has 0 aromatic heterocycles. The molecule has 15 atom stereocenters. The van der Waals surface area contributed by atoms with Gasteiger partial charge in [-0.2, -0.15) is 0 Å². The first-order chi connectivity index (χ1) is 43.1. The summed E-state index contributed by atoms with van der Waals surface area (Å²) < 4.78 is 242. The van der Waals surface area contributed by atoms with Crippen molar-refractivity contribution in [3.63, 3.8) is 0 Å². The Morgan fingerprint density at radius 1 is 0.223 bits per heavy atom. The van der Waals surface area contributed by atoms with Crippen molar-refractivity contribution in [2.24, 2.45) is 17.8 Å². The van der Waals surface area contributed by atoms with Crippen molar-refractivity contribution in [1.82, 2.24) is 0 Å². The van der Waals surface area contributed by atoms with Crippen molar-refractivity contribution in [3.05, 3.63) is 0 Å². The summed E-state index contributed by atoms with van der Waals surface area (Å²) in [5.74, 6) is -2.25. The van der Waals surface area contributed by atoms with Crippen LogP contribution in [-0.4, -0.2) is 169 Å². The van der Waals surface area contributed by atoms with Crippen molar-refractivity contribution >= 4 is 93.9 Å². The lowest BCUT2D eigenvalue weighted by Gasteiger charge is -2.28. The fourth-order valence-electron chi connectivity index (χ4n) is 4.95. The second kappa shape index (κ2) is 46.9. The maximum atomic E-state index is 12.1. The SMILES string of the molecule is CCC(CO)COP(=O)([O-])OCCOP(=O)([O-])OCC(CC)COP(=O)([O-])OCCOP(=O)([O-])OCCOP(=O)([O-])OCCOP(=O)([O-])OCCOP(=O)([O-])OCCOP(=O)([O-])OCCOP(=O)([O-])OCCOP(=O)([O-])OCCOP(=O)([O-])OCC(CC)COP(=O)([O-])O. The highest BCUT2D eigenvalue weighted by atomic mass is 31.2. The second-order valence-corrected chi connectivity index (χ2v) is 33.6. The van der Waals surface area contributed by atoms with Crippen molar-refractivity contribution in [3.8, 4) is 0 Å². The summed E-state index contributed by atoms with van der Waals surface area (Å²) in [6.07, 6.45) is 0.603. The van der Waals surface area contributed by atoms with Gasteiger partial charge in [0.25, 0.3) is 93.9 Å². The number of phosphoric ester groups is 12. The van der Waals surface area contributed by atoms with E-state index in [1.807, 2.05) is 0 Å². The van der Waals surface area contributed by atoms with Crippen molar-refractivity contribution in [2.75, 3.05) is 159 Å².